The van der Waals surface area contributed by atoms with Crippen molar-refractivity contribution in [3.63, 3.8) is 0 Å². The first-order valence-corrected chi connectivity index (χ1v) is 7.17. The number of rotatable bonds is 1. The molecule has 104 valence electrons. The molecule has 1 spiro atoms. The molecular formula is C16H22O3. The number of aliphatic hydroxyl groups is 1. The first-order chi connectivity index (χ1) is 9.12. The van der Waals surface area contributed by atoms with Crippen molar-refractivity contribution in [1.82, 2.24) is 0 Å². The molecule has 3 heteroatoms. The number of ether oxygens (including phenoxy) is 2. The quantitative estimate of drug-likeness (QED) is 0.842. The van der Waals surface area contributed by atoms with Gasteiger partial charge in [-0.25, -0.2) is 0 Å². The van der Waals surface area contributed by atoms with Gasteiger partial charge in [0.2, 0.25) is 0 Å². The normalized spacial score (nSPS) is 33.6. The van der Waals surface area contributed by atoms with Crippen LogP contribution in [0.1, 0.15) is 50.7 Å². The molecule has 1 aliphatic carbocycles. The summed E-state index contributed by atoms with van der Waals surface area (Å²) >= 11 is 0. The van der Waals surface area contributed by atoms with Crippen molar-refractivity contribution >= 4 is 0 Å². The Morgan fingerprint density at radius 2 is 2.05 bits per heavy atom. The van der Waals surface area contributed by atoms with Crippen molar-refractivity contribution < 1.29 is 14.6 Å². The highest BCUT2D eigenvalue weighted by Gasteiger charge is 2.42. The summed E-state index contributed by atoms with van der Waals surface area (Å²) in [6, 6.07) is 5.70. The second-order valence-electron chi connectivity index (χ2n) is 6.09. The standard InChI is InChI=1S/C16H22O3/c1-11-5-7-16(8-6-11)10-14(17)13-4-3-12(18-2)9-15(13)19-16/h3-4,9,11,14,17H,5-8,10H2,1-2H3/t11?,14-,16?/m0/s1. The van der Waals surface area contributed by atoms with Crippen LogP contribution in [0.2, 0.25) is 0 Å². The summed E-state index contributed by atoms with van der Waals surface area (Å²) in [5.74, 6) is 2.36. The van der Waals surface area contributed by atoms with Gasteiger partial charge in [-0.3, -0.25) is 0 Å². The van der Waals surface area contributed by atoms with Crippen molar-refractivity contribution in [2.24, 2.45) is 5.92 Å². The molecule has 3 rings (SSSR count). The third-order valence-electron chi connectivity index (χ3n) is 4.66. The van der Waals surface area contributed by atoms with Gasteiger partial charge in [0.05, 0.1) is 13.2 Å². The lowest BCUT2D eigenvalue weighted by molar-refractivity contribution is -0.0455. The maximum atomic E-state index is 10.4. The lowest BCUT2D eigenvalue weighted by Crippen LogP contribution is -2.43. The lowest BCUT2D eigenvalue weighted by atomic mass is 9.74. The van der Waals surface area contributed by atoms with Gasteiger partial charge in [-0.2, -0.15) is 0 Å². The van der Waals surface area contributed by atoms with E-state index in [2.05, 4.69) is 6.92 Å². The Morgan fingerprint density at radius 3 is 2.74 bits per heavy atom. The average Bonchev–Trinajstić information content (AvgIpc) is 2.42. The van der Waals surface area contributed by atoms with Crippen molar-refractivity contribution in [2.45, 2.75) is 50.7 Å². The molecule has 0 amide bonds. The highest BCUT2D eigenvalue weighted by molar-refractivity contribution is 5.44. The highest BCUT2D eigenvalue weighted by atomic mass is 16.5. The van der Waals surface area contributed by atoms with Crippen molar-refractivity contribution in [3.05, 3.63) is 23.8 Å². The van der Waals surface area contributed by atoms with Crippen LogP contribution in [-0.4, -0.2) is 17.8 Å². The monoisotopic (exact) mass is 262 g/mol. The van der Waals surface area contributed by atoms with Crippen LogP contribution in [0.3, 0.4) is 0 Å². The molecule has 0 aromatic heterocycles. The van der Waals surface area contributed by atoms with E-state index in [4.69, 9.17) is 9.47 Å². The molecule has 0 bridgehead atoms. The summed E-state index contributed by atoms with van der Waals surface area (Å²) < 4.78 is 11.5. The zero-order valence-electron chi connectivity index (χ0n) is 11.7. The molecule has 1 fully saturated rings. The molecule has 0 saturated heterocycles. The zero-order valence-corrected chi connectivity index (χ0v) is 11.7. The first kappa shape index (κ1) is 12.8. The maximum Gasteiger partial charge on any atom is 0.129 e. The van der Waals surface area contributed by atoms with Crippen molar-refractivity contribution in [2.75, 3.05) is 7.11 Å². The van der Waals surface area contributed by atoms with E-state index in [0.29, 0.717) is 0 Å². The number of methoxy groups -OCH3 is 1. The van der Waals surface area contributed by atoms with Crippen LogP contribution in [0.15, 0.2) is 18.2 Å². The van der Waals surface area contributed by atoms with Crippen molar-refractivity contribution in [3.8, 4) is 11.5 Å². The summed E-state index contributed by atoms with van der Waals surface area (Å²) in [7, 11) is 1.65. The molecule has 1 saturated carbocycles. The second-order valence-corrected chi connectivity index (χ2v) is 6.09. The minimum atomic E-state index is -0.414. The third-order valence-corrected chi connectivity index (χ3v) is 4.66. The van der Waals surface area contributed by atoms with Crippen LogP contribution in [0, 0.1) is 5.92 Å². The van der Waals surface area contributed by atoms with Crippen LogP contribution in [0.4, 0.5) is 0 Å². The van der Waals surface area contributed by atoms with Gasteiger partial charge in [-0.05, 0) is 43.7 Å². The molecule has 1 heterocycles. The third kappa shape index (κ3) is 2.32. The summed E-state index contributed by atoms with van der Waals surface area (Å²) in [6.07, 6.45) is 4.77. The summed E-state index contributed by atoms with van der Waals surface area (Å²) in [4.78, 5) is 0. The molecule has 0 unspecified atom stereocenters. The second kappa shape index (κ2) is 4.71. The van der Waals surface area contributed by atoms with Crippen LogP contribution in [0.25, 0.3) is 0 Å². The Balaban J connectivity index is 1.89. The van der Waals surface area contributed by atoms with Gasteiger partial charge < -0.3 is 14.6 Å². The van der Waals surface area contributed by atoms with Crippen LogP contribution in [0.5, 0.6) is 11.5 Å². The number of hydrogen-bond acceptors (Lipinski definition) is 3. The molecular weight excluding hydrogens is 240 g/mol. The lowest BCUT2D eigenvalue weighted by Gasteiger charge is -2.44. The topological polar surface area (TPSA) is 38.7 Å². The van der Waals surface area contributed by atoms with E-state index in [1.54, 1.807) is 7.11 Å². The van der Waals surface area contributed by atoms with Gasteiger partial charge in [0.1, 0.15) is 17.1 Å². The van der Waals surface area contributed by atoms with Gasteiger partial charge in [0.15, 0.2) is 0 Å². The van der Waals surface area contributed by atoms with Gasteiger partial charge in [0.25, 0.3) is 0 Å². The fourth-order valence-corrected chi connectivity index (χ4v) is 3.34. The molecule has 1 atom stereocenters. The first-order valence-electron chi connectivity index (χ1n) is 7.17. The minimum absolute atomic E-state index is 0.161. The van der Waals surface area contributed by atoms with Gasteiger partial charge >= 0.3 is 0 Å². The van der Waals surface area contributed by atoms with Crippen LogP contribution < -0.4 is 9.47 Å². The SMILES string of the molecule is COc1ccc2c(c1)OC1(CCC(C)CC1)C[C@@H]2O. The predicted molar refractivity (Wildman–Crippen MR) is 73.6 cm³/mol. The van der Waals surface area contributed by atoms with E-state index in [0.717, 1.165) is 42.2 Å². The number of aliphatic hydroxyl groups excluding tert-OH is 1. The summed E-state index contributed by atoms with van der Waals surface area (Å²) in [5, 5.41) is 10.4. The molecule has 1 N–H and O–H groups in total. The Kier molecular flexibility index (Phi) is 3.17. The van der Waals surface area contributed by atoms with E-state index in [1.165, 1.54) is 12.8 Å². The maximum absolute atomic E-state index is 10.4. The van der Waals surface area contributed by atoms with E-state index in [-0.39, 0.29) is 5.60 Å². The molecule has 1 aromatic rings. The molecule has 1 aliphatic heterocycles. The Bertz CT molecular complexity index is 461. The van der Waals surface area contributed by atoms with E-state index < -0.39 is 6.10 Å². The van der Waals surface area contributed by atoms with E-state index in [9.17, 15) is 5.11 Å². The predicted octanol–water partition coefficient (Wildman–Crippen LogP) is 3.46. The molecule has 1 aromatic carbocycles. The average molecular weight is 262 g/mol. The Hall–Kier alpha value is -1.22. The smallest absolute Gasteiger partial charge is 0.129 e. The van der Waals surface area contributed by atoms with Crippen LogP contribution >= 0.6 is 0 Å². The number of fused-ring (bicyclic) bond motifs is 1. The Morgan fingerprint density at radius 1 is 1.32 bits per heavy atom. The molecule has 0 radical (unpaired) electrons. The Labute approximate surface area is 114 Å². The molecule has 2 aliphatic rings. The summed E-state index contributed by atoms with van der Waals surface area (Å²) in [5.41, 5.74) is 0.732. The number of benzene rings is 1. The van der Waals surface area contributed by atoms with E-state index in [1.807, 2.05) is 18.2 Å². The van der Waals surface area contributed by atoms with Gasteiger partial charge in [-0.15, -0.1) is 0 Å². The van der Waals surface area contributed by atoms with Gasteiger partial charge in [-0.1, -0.05) is 6.92 Å². The van der Waals surface area contributed by atoms with Gasteiger partial charge in [0, 0.05) is 18.1 Å². The van der Waals surface area contributed by atoms with Crippen molar-refractivity contribution in [1.29, 1.82) is 0 Å². The minimum Gasteiger partial charge on any atom is -0.497 e. The molecule has 19 heavy (non-hydrogen) atoms. The summed E-state index contributed by atoms with van der Waals surface area (Å²) in [6.45, 7) is 2.29. The number of hydrogen-bond donors (Lipinski definition) is 1. The zero-order chi connectivity index (χ0) is 13.5. The fraction of sp³-hybridized carbons (Fsp3) is 0.625. The highest BCUT2D eigenvalue weighted by Crippen LogP contribution is 2.47. The molecule has 3 nitrogen and oxygen atoms in total. The van der Waals surface area contributed by atoms with E-state index >= 15 is 0 Å². The fourth-order valence-electron chi connectivity index (χ4n) is 3.34. The largest absolute Gasteiger partial charge is 0.497 e. The van der Waals surface area contributed by atoms with Crippen LogP contribution in [-0.2, 0) is 0 Å².